The smallest absolute Gasteiger partial charge is 0.00990 e. The van der Waals surface area contributed by atoms with Crippen LogP contribution in [-0.4, -0.2) is 0 Å². The first-order valence-electron chi connectivity index (χ1n) is 7.05. The molecule has 0 aliphatic carbocycles. The number of benzene rings is 4. The minimum atomic E-state index is 1.31. The van der Waals surface area contributed by atoms with Crippen LogP contribution in [-0.2, 0) is 0 Å². The van der Waals surface area contributed by atoms with Gasteiger partial charge >= 0.3 is 0 Å². The van der Waals surface area contributed by atoms with E-state index in [0.717, 1.165) is 0 Å². The van der Waals surface area contributed by atoms with Crippen molar-refractivity contribution in [2.75, 3.05) is 0 Å². The van der Waals surface area contributed by atoms with Crippen LogP contribution in [0.25, 0.3) is 32.3 Å². The Kier molecular flexibility index (Phi) is 2.34. The predicted octanol–water partition coefficient (Wildman–Crippen LogP) is 5.76. The van der Waals surface area contributed by atoms with E-state index in [1.165, 1.54) is 43.4 Å². The van der Waals surface area contributed by atoms with Crippen LogP contribution >= 0.6 is 0 Å². The zero-order valence-corrected chi connectivity index (χ0v) is 11.8. The second kappa shape index (κ2) is 4.08. The van der Waals surface area contributed by atoms with Crippen LogP contribution in [0.2, 0.25) is 0 Å². The third-order valence-corrected chi connectivity index (χ3v) is 4.17. The van der Waals surface area contributed by atoms with E-state index in [2.05, 4.69) is 74.5 Å². The molecule has 0 atom stereocenters. The molecule has 0 fully saturated rings. The van der Waals surface area contributed by atoms with Crippen molar-refractivity contribution in [1.29, 1.82) is 0 Å². The quantitative estimate of drug-likeness (QED) is 0.277. The van der Waals surface area contributed by atoms with Crippen molar-refractivity contribution in [3.8, 4) is 0 Å². The van der Waals surface area contributed by atoms with Crippen molar-refractivity contribution < 1.29 is 0 Å². The molecule has 20 heavy (non-hydrogen) atoms. The molecule has 4 rings (SSSR count). The lowest BCUT2D eigenvalue weighted by atomic mass is 9.95. The standard InChI is InChI=1S/C20H16/c1-13-9-14(2)19-11-16-8-7-15-5-3-4-6-18(15)20(16)12-17(19)10-13/h3-12H,1-2H3. The molecule has 4 aromatic rings. The van der Waals surface area contributed by atoms with Crippen LogP contribution < -0.4 is 0 Å². The first-order chi connectivity index (χ1) is 9.72. The Hall–Kier alpha value is -2.34. The van der Waals surface area contributed by atoms with Gasteiger partial charge in [0, 0.05) is 0 Å². The minimum absolute atomic E-state index is 1.31. The van der Waals surface area contributed by atoms with Gasteiger partial charge in [-0.15, -0.1) is 0 Å². The summed E-state index contributed by atoms with van der Waals surface area (Å²) in [6.45, 7) is 4.36. The second-order valence-electron chi connectivity index (χ2n) is 5.66. The minimum Gasteiger partial charge on any atom is -0.0616 e. The molecule has 0 N–H and O–H groups in total. The van der Waals surface area contributed by atoms with Gasteiger partial charge in [0.25, 0.3) is 0 Å². The number of rotatable bonds is 0. The third-order valence-electron chi connectivity index (χ3n) is 4.17. The van der Waals surface area contributed by atoms with Gasteiger partial charge in [-0.1, -0.05) is 54.1 Å². The fraction of sp³-hybridized carbons (Fsp3) is 0.100. The van der Waals surface area contributed by atoms with Gasteiger partial charge in [0.05, 0.1) is 0 Å². The van der Waals surface area contributed by atoms with Gasteiger partial charge in [-0.25, -0.2) is 0 Å². The van der Waals surface area contributed by atoms with Gasteiger partial charge in [-0.05, 0) is 63.9 Å². The molecule has 0 radical (unpaired) electrons. The average Bonchev–Trinajstić information content (AvgIpc) is 2.45. The van der Waals surface area contributed by atoms with E-state index in [0.29, 0.717) is 0 Å². The zero-order valence-electron chi connectivity index (χ0n) is 11.8. The molecule has 0 saturated carbocycles. The largest absolute Gasteiger partial charge is 0.0616 e. The Morgan fingerprint density at radius 2 is 1.30 bits per heavy atom. The third kappa shape index (κ3) is 1.61. The Morgan fingerprint density at radius 1 is 0.550 bits per heavy atom. The van der Waals surface area contributed by atoms with Crippen molar-refractivity contribution >= 4 is 32.3 Å². The zero-order chi connectivity index (χ0) is 13.7. The fourth-order valence-corrected chi connectivity index (χ4v) is 3.24. The highest BCUT2D eigenvalue weighted by Crippen LogP contribution is 2.31. The normalized spacial score (nSPS) is 11.5. The van der Waals surface area contributed by atoms with E-state index < -0.39 is 0 Å². The molecule has 0 unspecified atom stereocenters. The summed E-state index contributed by atoms with van der Waals surface area (Å²) in [5.41, 5.74) is 2.68. The molecule has 0 aliphatic rings. The highest BCUT2D eigenvalue weighted by atomic mass is 14.1. The Bertz CT molecular complexity index is 962. The highest BCUT2D eigenvalue weighted by molar-refractivity contribution is 6.12. The summed E-state index contributed by atoms with van der Waals surface area (Å²) in [5, 5.41) is 8.02. The summed E-state index contributed by atoms with van der Waals surface area (Å²) in [6, 6.07) is 22.3. The van der Waals surface area contributed by atoms with Gasteiger partial charge in [0.15, 0.2) is 0 Å². The van der Waals surface area contributed by atoms with Crippen LogP contribution in [0.1, 0.15) is 11.1 Å². The maximum Gasteiger partial charge on any atom is -0.00990 e. The monoisotopic (exact) mass is 256 g/mol. The average molecular weight is 256 g/mol. The van der Waals surface area contributed by atoms with Crippen molar-refractivity contribution in [2.45, 2.75) is 13.8 Å². The van der Waals surface area contributed by atoms with Gasteiger partial charge in [0.2, 0.25) is 0 Å². The van der Waals surface area contributed by atoms with Gasteiger partial charge in [-0.3, -0.25) is 0 Å². The first kappa shape index (κ1) is 11.5. The van der Waals surface area contributed by atoms with Crippen LogP contribution in [0.15, 0.2) is 60.7 Å². The molecule has 0 aromatic heterocycles. The maximum absolute atomic E-state index is 2.34. The van der Waals surface area contributed by atoms with E-state index >= 15 is 0 Å². The van der Waals surface area contributed by atoms with E-state index in [1.807, 2.05) is 0 Å². The molecule has 0 bridgehead atoms. The molecule has 0 amide bonds. The van der Waals surface area contributed by atoms with E-state index in [1.54, 1.807) is 0 Å². The Balaban J connectivity index is 2.24. The molecule has 0 aliphatic heterocycles. The summed E-state index contributed by atoms with van der Waals surface area (Å²) in [7, 11) is 0. The number of aryl methyl sites for hydroxylation is 2. The molecule has 4 aromatic carbocycles. The van der Waals surface area contributed by atoms with Crippen LogP contribution in [0.4, 0.5) is 0 Å². The molecule has 0 nitrogen and oxygen atoms in total. The fourth-order valence-electron chi connectivity index (χ4n) is 3.24. The van der Waals surface area contributed by atoms with Crippen LogP contribution in [0.5, 0.6) is 0 Å². The molecule has 96 valence electrons. The number of fused-ring (bicyclic) bond motifs is 4. The molecule has 0 heteroatoms. The first-order valence-corrected chi connectivity index (χ1v) is 7.05. The van der Waals surface area contributed by atoms with Crippen LogP contribution in [0, 0.1) is 13.8 Å². The Labute approximate surface area is 118 Å². The summed E-state index contributed by atoms with van der Waals surface area (Å²) in [6.07, 6.45) is 0. The summed E-state index contributed by atoms with van der Waals surface area (Å²) in [5.74, 6) is 0. The van der Waals surface area contributed by atoms with Crippen LogP contribution in [0.3, 0.4) is 0 Å². The van der Waals surface area contributed by atoms with E-state index in [4.69, 9.17) is 0 Å². The number of hydrogen-bond acceptors (Lipinski definition) is 0. The second-order valence-corrected chi connectivity index (χ2v) is 5.66. The molecule has 0 heterocycles. The lowest BCUT2D eigenvalue weighted by molar-refractivity contribution is 1.43. The van der Waals surface area contributed by atoms with Crippen molar-refractivity contribution in [3.05, 3.63) is 71.8 Å². The highest BCUT2D eigenvalue weighted by Gasteiger charge is 2.04. The predicted molar refractivity (Wildman–Crippen MR) is 88.4 cm³/mol. The van der Waals surface area contributed by atoms with Gasteiger partial charge in [0.1, 0.15) is 0 Å². The van der Waals surface area contributed by atoms with Gasteiger partial charge < -0.3 is 0 Å². The molecular formula is C20H16. The summed E-state index contributed by atoms with van der Waals surface area (Å²) >= 11 is 0. The maximum atomic E-state index is 2.34. The summed E-state index contributed by atoms with van der Waals surface area (Å²) < 4.78 is 0. The van der Waals surface area contributed by atoms with E-state index in [-0.39, 0.29) is 0 Å². The topological polar surface area (TPSA) is 0 Å². The lowest BCUT2D eigenvalue weighted by Gasteiger charge is -2.09. The molecule has 0 saturated heterocycles. The lowest BCUT2D eigenvalue weighted by Crippen LogP contribution is -1.84. The Morgan fingerprint density at radius 3 is 2.20 bits per heavy atom. The van der Waals surface area contributed by atoms with Crippen molar-refractivity contribution in [3.63, 3.8) is 0 Å². The van der Waals surface area contributed by atoms with E-state index in [9.17, 15) is 0 Å². The SMILES string of the molecule is Cc1cc(C)c2cc3ccc4ccccc4c3cc2c1. The van der Waals surface area contributed by atoms with Crippen molar-refractivity contribution in [1.82, 2.24) is 0 Å². The number of hydrogen-bond donors (Lipinski definition) is 0. The van der Waals surface area contributed by atoms with Crippen molar-refractivity contribution in [2.24, 2.45) is 0 Å². The molecular weight excluding hydrogens is 240 g/mol. The molecule has 0 spiro atoms. The van der Waals surface area contributed by atoms with Gasteiger partial charge in [-0.2, -0.15) is 0 Å². The summed E-state index contributed by atoms with van der Waals surface area (Å²) in [4.78, 5) is 0.